The molecule has 0 bridgehead atoms. The molecule has 2 saturated heterocycles. The molecular weight excluding hydrogens is 330 g/mol. The monoisotopic (exact) mass is 349 g/mol. The van der Waals surface area contributed by atoms with E-state index in [1.54, 1.807) is 33.9 Å². The van der Waals surface area contributed by atoms with Crippen molar-refractivity contribution in [2.75, 3.05) is 29.9 Å². The molecule has 2 aliphatic heterocycles. The third kappa shape index (κ3) is 2.72. The number of hydrogen-bond acceptors (Lipinski definition) is 5. The summed E-state index contributed by atoms with van der Waals surface area (Å²) >= 11 is 0. The normalized spacial score (nSPS) is 26.1. The van der Waals surface area contributed by atoms with Crippen molar-refractivity contribution in [3.8, 4) is 0 Å². The summed E-state index contributed by atoms with van der Waals surface area (Å²) in [6.45, 7) is 1.13. The smallest absolute Gasteiger partial charge is 0.323 e. The van der Waals surface area contributed by atoms with E-state index >= 15 is 0 Å². The number of anilines is 1. The number of nitrogens with zero attached hydrogens (tertiary/aromatic N) is 4. The lowest BCUT2D eigenvalue weighted by molar-refractivity contribution is 0.129. The number of sulfone groups is 1. The van der Waals surface area contributed by atoms with Crippen molar-refractivity contribution in [1.29, 1.82) is 0 Å². The summed E-state index contributed by atoms with van der Waals surface area (Å²) in [5.41, 5.74) is 0.387. The van der Waals surface area contributed by atoms with Crippen LogP contribution >= 0.6 is 0 Å². The van der Waals surface area contributed by atoms with Gasteiger partial charge in [0.05, 0.1) is 17.7 Å². The summed E-state index contributed by atoms with van der Waals surface area (Å²) in [6.07, 6.45) is 5.59. The van der Waals surface area contributed by atoms with Crippen molar-refractivity contribution >= 4 is 27.3 Å². The van der Waals surface area contributed by atoms with Gasteiger partial charge >= 0.3 is 6.03 Å². The second kappa shape index (κ2) is 5.44. The maximum Gasteiger partial charge on any atom is 0.323 e. The Morgan fingerprint density at radius 3 is 2.92 bits per heavy atom. The second-order valence-corrected chi connectivity index (χ2v) is 8.91. The minimum atomic E-state index is -2.96. The van der Waals surface area contributed by atoms with Gasteiger partial charge in [0.1, 0.15) is 5.82 Å². The minimum Gasteiger partial charge on any atom is -0.324 e. The molecule has 2 aromatic heterocycles. The van der Waals surface area contributed by atoms with E-state index in [2.05, 4.69) is 15.4 Å². The first-order valence-electron chi connectivity index (χ1n) is 8.02. The van der Waals surface area contributed by atoms with Crippen LogP contribution in [0.5, 0.6) is 0 Å². The van der Waals surface area contributed by atoms with Gasteiger partial charge in [0.15, 0.2) is 15.5 Å². The number of carbonyl (C=O) groups excluding carboxylic acids is 1. The average molecular weight is 349 g/mol. The summed E-state index contributed by atoms with van der Waals surface area (Å²) in [6, 6.07) is 3.23. The highest BCUT2D eigenvalue weighted by Gasteiger charge is 2.45. The van der Waals surface area contributed by atoms with Crippen molar-refractivity contribution in [3.05, 3.63) is 24.5 Å². The minimum absolute atomic E-state index is 0.197. The molecule has 1 unspecified atom stereocenters. The molecule has 0 radical (unpaired) electrons. The van der Waals surface area contributed by atoms with Gasteiger partial charge in [0.25, 0.3) is 0 Å². The fraction of sp³-hybridized carbons (Fsp3) is 0.533. The summed E-state index contributed by atoms with van der Waals surface area (Å²) in [4.78, 5) is 18.5. The highest BCUT2D eigenvalue weighted by Crippen LogP contribution is 2.40. The van der Waals surface area contributed by atoms with Crippen LogP contribution in [0.2, 0.25) is 0 Å². The number of likely N-dealkylation sites (tertiary alicyclic amines) is 1. The van der Waals surface area contributed by atoms with Crippen LogP contribution in [0.4, 0.5) is 10.6 Å². The highest BCUT2D eigenvalue weighted by atomic mass is 32.2. The number of fused-ring (bicyclic) bond motifs is 1. The lowest BCUT2D eigenvalue weighted by Crippen LogP contribution is -2.48. The van der Waals surface area contributed by atoms with E-state index in [4.69, 9.17) is 0 Å². The van der Waals surface area contributed by atoms with Gasteiger partial charge < -0.3 is 4.90 Å². The van der Waals surface area contributed by atoms with Crippen molar-refractivity contribution in [2.45, 2.75) is 19.3 Å². The van der Waals surface area contributed by atoms with Crippen LogP contribution in [0.25, 0.3) is 5.65 Å². The summed E-state index contributed by atoms with van der Waals surface area (Å²) < 4.78 is 25.3. The van der Waals surface area contributed by atoms with Gasteiger partial charge in [-0.1, -0.05) is 0 Å². The van der Waals surface area contributed by atoms with E-state index in [1.165, 1.54) is 0 Å². The van der Waals surface area contributed by atoms with E-state index in [-0.39, 0.29) is 23.0 Å². The number of aromatic nitrogens is 3. The van der Waals surface area contributed by atoms with Crippen LogP contribution in [0.1, 0.15) is 19.3 Å². The number of urea groups is 1. The van der Waals surface area contributed by atoms with Gasteiger partial charge in [-0.2, -0.15) is 9.61 Å². The molecule has 2 fully saturated rings. The molecule has 1 atom stereocenters. The number of hydrogen-bond donors (Lipinski definition) is 1. The zero-order valence-corrected chi connectivity index (χ0v) is 14.0. The summed E-state index contributed by atoms with van der Waals surface area (Å²) in [5.74, 6) is 0.983. The molecule has 128 valence electrons. The second-order valence-electron chi connectivity index (χ2n) is 6.73. The fourth-order valence-corrected chi connectivity index (χ4v) is 6.01. The lowest BCUT2D eigenvalue weighted by Gasteiger charge is -2.39. The molecule has 0 aliphatic carbocycles. The first-order valence-corrected chi connectivity index (χ1v) is 9.84. The Kier molecular flexibility index (Phi) is 3.48. The third-order valence-corrected chi connectivity index (χ3v) is 6.82. The topological polar surface area (TPSA) is 96.7 Å². The Hall–Kier alpha value is -2.16. The van der Waals surface area contributed by atoms with Gasteiger partial charge in [-0.25, -0.2) is 18.2 Å². The fourth-order valence-electron chi connectivity index (χ4n) is 3.80. The Morgan fingerprint density at radius 2 is 2.12 bits per heavy atom. The van der Waals surface area contributed by atoms with E-state index in [1.807, 2.05) is 0 Å². The first kappa shape index (κ1) is 15.4. The third-order valence-electron chi connectivity index (χ3n) is 4.94. The number of carbonyl (C=O) groups is 1. The molecule has 1 spiro atoms. The SMILES string of the molecule is O=C(Nc1ccnc2ccnn12)N1CCCC2(CCS(=O)(=O)C2)C1. The largest absolute Gasteiger partial charge is 0.324 e. The standard InChI is InChI=1S/C15H19N5O3S/c21-14(18-13-2-6-16-12-3-7-17-20(12)13)19-8-1-4-15(10-19)5-9-24(22,23)11-15/h2-3,6-7H,1,4-5,8-11H2,(H,18,21). The van der Waals surface area contributed by atoms with Crippen LogP contribution in [0.3, 0.4) is 0 Å². The van der Waals surface area contributed by atoms with Crippen LogP contribution in [-0.4, -0.2) is 58.5 Å². The summed E-state index contributed by atoms with van der Waals surface area (Å²) in [5, 5.41) is 7.01. The van der Waals surface area contributed by atoms with Gasteiger partial charge in [0, 0.05) is 30.8 Å². The van der Waals surface area contributed by atoms with Crippen molar-refractivity contribution in [2.24, 2.45) is 5.41 Å². The predicted octanol–water partition coefficient (Wildman–Crippen LogP) is 1.16. The van der Waals surface area contributed by atoms with Crippen molar-refractivity contribution in [3.63, 3.8) is 0 Å². The maximum absolute atomic E-state index is 12.6. The average Bonchev–Trinajstić information content (AvgIpc) is 3.13. The number of rotatable bonds is 1. The molecule has 9 heteroatoms. The van der Waals surface area contributed by atoms with E-state index in [0.29, 0.717) is 31.0 Å². The molecule has 2 aliphatic rings. The molecule has 8 nitrogen and oxygen atoms in total. The van der Waals surface area contributed by atoms with E-state index in [0.717, 1.165) is 12.8 Å². The zero-order valence-electron chi connectivity index (χ0n) is 13.2. The van der Waals surface area contributed by atoms with Crippen LogP contribution in [0.15, 0.2) is 24.5 Å². The van der Waals surface area contributed by atoms with Crippen molar-refractivity contribution < 1.29 is 13.2 Å². The van der Waals surface area contributed by atoms with Gasteiger partial charge in [-0.15, -0.1) is 0 Å². The van der Waals surface area contributed by atoms with E-state index in [9.17, 15) is 13.2 Å². The van der Waals surface area contributed by atoms with Crippen LogP contribution in [0, 0.1) is 5.41 Å². The number of amides is 2. The molecule has 4 heterocycles. The maximum atomic E-state index is 12.6. The van der Waals surface area contributed by atoms with Crippen molar-refractivity contribution in [1.82, 2.24) is 19.5 Å². The molecular formula is C15H19N5O3S. The Bertz CT molecular complexity index is 893. The quantitative estimate of drug-likeness (QED) is 0.833. The Morgan fingerprint density at radius 1 is 1.25 bits per heavy atom. The molecule has 4 rings (SSSR count). The number of piperidine rings is 1. The van der Waals surface area contributed by atoms with Crippen LogP contribution in [-0.2, 0) is 9.84 Å². The molecule has 24 heavy (non-hydrogen) atoms. The molecule has 0 aromatic carbocycles. The Labute approximate surface area is 139 Å². The van der Waals surface area contributed by atoms with Gasteiger partial charge in [0.2, 0.25) is 0 Å². The number of nitrogens with one attached hydrogen (secondary N) is 1. The van der Waals surface area contributed by atoms with Gasteiger partial charge in [-0.3, -0.25) is 5.32 Å². The highest BCUT2D eigenvalue weighted by molar-refractivity contribution is 7.91. The zero-order chi connectivity index (χ0) is 16.8. The molecule has 1 N–H and O–H groups in total. The van der Waals surface area contributed by atoms with Crippen LogP contribution < -0.4 is 5.32 Å². The predicted molar refractivity (Wildman–Crippen MR) is 88.5 cm³/mol. The molecule has 0 saturated carbocycles. The van der Waals surface area contributed by atoms with Gasteiger partial charge in [-0.05, 0) is 25.3 Å². The lowest BCUT2D eigenvalue weighted by atomic mass is 9.80. The Balaban J connectivity index is 1.51. The summed E-state index contributed by atoms with van der Waals surface area (Å²) in [7, 11) is -2.96. The first-order chi connectivity index (χ1) is 11.5. The molecule has 2 amide bonds. The van der Waals surface area contributed by atoms with E-state index < -0.39 is 9.84 Å². The molecule has 2 aromatic rings.